The second-order valence-corrected chi connectivity index (χ2v) is 3.86. The van der Waals surface area contributed by atoms with Crippen molar-refractivity contribution >= 4 is 5.97 Å². The van der Waals surface area contributed by atoms with E-state index >= 15 is 0 Å². The second-order valence-electron chi connectivity index (χ2n) is 3.86. The van der Waals surface area contributed by atoms with Gasteiger partial charge in [0.2, 0.25) is 0 Å². The molecule has 0 radical (unpaired) electrons. The third-order valence-electron chi connectivity index (χ3n) is 2.89. The van der Waals surface area contributed by atoms with Crippen molar-refractivity contribution in [3.63, 3.8) is 0 Å². The molecule has 0 unspecified atom stereocenters. The molecule has 0 saturated carbocycles. The fourth-order valence-corrected chi connectivity index (χ4v) is 2.04. The minimum Gasteiger partial charge on any atom is -0.469 e. The lowest BCUT2D eigenvalue weighted by molar-refractivity contribution is -0.140. The predicted molar refractivity (Wildman–Crippen MR) is 55.5 cm³/mol. The summed E-state index contributed by atoms with van der Waals surface area (Å²) < 4.78 is 6.71. The van der Waals surface area contributed by atoms with E-state index in [4.69, 9.17) is 0 Å². The molecule has 0 N–H and O–H groups in total. The van der Waals surface area contributed by atoms with Crippen LogP contribution in [0.25, 0.3) is 0 Å². The number of hydrogen-bond donors (Lipinski definition) is 0. The molecule has 0 bridgehead atoms. The highest BCUT2D eigenvalue weighted by Gasteiger charge is 2.15. The summed E-state index contributed by atoms with van der Waals surface area (Å²) in [4.78, 5) is 15.4. The molecule has 0 aliphatic heterocycles. The van der Waals surface area contributed by atoms with Gasteiger partial charge < -0.3 is 9.30 Å². The van der Waals surface area contributed by atoms with Gasteiger partial charge in [0, 0.05) is 12.2 Å². The molecule has 2 rings (SSSR count). The standard InChI is InChI=1S/C11H16N2O2/c1-15-11(14)6-7-13-8-12-9-4-2-3-5-10(9)13/h8H,2-7H2,1H3. The largest absolute Gasteiger partial charge is 0.469 e. The van der Waals surface area contributed by atoms with Gasteiger partial charge in [0.25, 0.3) is 0 Å². The number of rotatable bonds is 3. The molecule has 15 heavy (non-hydrogen) atoms. The maximum Gasteiger partial charge on any atom is 0.307 e. The molecule has 0 aromatic carbocycles. The first-order valence-electron chi connectivity index (χ1n) is 5.41. The maximum absolute atomic E-state index is 11.0. The Morgan fingerprint density at radius 3 is 3.13 bits per heavy atom. The highest BCUT2D eigenvalue weighted by atomic mass is 16.5. The Morgan fingerprint density at radius 2 is 2.33 bits per heavy atom. The van der Waals surface area contributed by atoms with Gasteiger partial charge in [-0.1, -0.05) is 0 Å². The molecule has 1 aromatic rings. The van der Waals surface area contributed by atoms with Crippen molar-refractivity contribution in [1.29, 1.82) is 0 Å². The number of aromatic nitrogens is 2. The van der Waals surface area contributed by atoms with Gasteiger partial charge in [-0.15, -0.1) is 0 Å². The van der Waals surface area contributed by atoms with Crippen LogP contribution < -0.4 is 0 Å². The maximum atomic E-state index is 11.0. The normalized spacial score (nSPS) is 14.7. The fraction of sp³-hybridized carbons (Fsp3) is 0.636. The van der Waals surface area contributed by atoms with E-state index < -0.39 is 0 Å². The van der Waals surface area contributed by atoms with Crippen molar-refractivity contribution in [2.24, 2.45) is 0 Å². The van der Waals surface area contributed by atoms with Crippen LogP contribution >= 0.6 is 0 Å². The van der Waals surface area contributed by atoms with Crippen LogP contribution in [-0.2, 0) is 28.9 Å². The average Bonchev–Trinajstić information content (AvgIpc) is 2.69. The Bertz CT molecular complexity index is 357. The highest BCUT2D eigenvalue weighted by molar-refractivity contribution is 5.68. The van der Waals surface area contributed by atoms with Crippen LogP contribution in [0, 0.1) is 0 Å². The number of hydrogen-bond acceptors (Lipinski definition) is 3. The number of carbonyl (C=O) groups is 1. The molecule has 1 heterocycles. The minimum atomic E-state index is -0.159. The molecular weight excluding hydrogens is 192 g/mol. The van der Waals surface area contributed by atoms with E-state index in [1.807, 2.05) is 6.33 Å². The molecule has 82 valence electrons. The van der Waals surface area contributed by atoms with Gasteiger partial charge in [0.1, 0.15) is 0 Å². The number of nitrogens with zero attached hydrogens (tertiary/aromatic N) is 2. The van der Waals surface area contributed by atoms with E-state index in [0.29, 0.717) is 13.0 Å². The smallest absolute Gasteiger partial charge is 0.307 e. The van der Waals surface area contributed by atoms with Gasteiger partial charge in [-0.05, 0) is 25.7 Å². The number of aryl methyl sites for hydroxylation is 2. The van der Waals surface area contributed by atoms with E-state index in [9.17, 15) is 4.79 Å². The van der Waals surface area contributed by atoms with E-state index in [2.05, 4.69) is 14.3 Å². The summed E-state index contributed by atoms with van der Waals surface area (Å²) in [6, 6.07) is 0. The summed E-state index contributed by atoms with van der Waals surface area (Å²) >= 11 is 0. The van der Waals surface area contributed by atoms with Crippen LogP contribution in [0.3, 0.4) is 0 Å². The first-order valence-corrected chi connectivity index (χ1v) is 5.41. The lowest BCUT2D eigenvalue weighted by atomic mass is 10.0. The zero-order valence-electron chi connectivity index (χ0n) is 9.03. The molecule has 1 aromatic heterocycles. The Hall–Kier alpha value is -1.32. The van der Waals surface area contributed by atoms with Crippen LogP contribution in [0.4, 0.5) is 0 Å². The van der Waals surface area contributed by atoms with Crippen molar-refractivity contribution in [3.05, 3.63) is 17.7 Å². The first kappa shape index (κ1) is 10.2. The van der Waals surface area contributed by atoms with Gasteiger partial charge in [-0.25, -0.2) is 4.98 Å². The van der Waals surface area contributed by atoms with Crippen LogP contribution in [-0.4, -0.2) is 22.6 Å². The number of esters is 1. The van der Waals surface area contributed by atoms with Gasteiger partial charge in [-0.3, -0.25) is 4.79 Å². The molecule has 0 atom stereocenters. The number of methoxy groups -OCH3 is 1. The lowest BCUT2D eigenvalue weighted by Crippen LogP contribution is -2.11. The van der Waals surface area contributed by atoms with E-state index in [-0.39, 0.29) is 5.97 Å². The summed E-state index contributed by atoms with van der Waals surface area (Å²) in [7, 11) is 1.42. The number of ether oxygens (including phenoxy) is 1. The third-order valence-corrected chi connectivity index (χ3v) is 2.89. The molecule has 0 spiro atoms. The number of imidazole rings is 1. The van der Waals surface area contributed by atoms with Crippen molar-refractivity contribution in [1.82, 2.24) is 9.55 Å². The Balaban J connectivity index is 2.02. The van der Waals surface area contributed by atoms with Crippen LogP contribution in [0.5, 0.6) is 0 Å². The molecule has 0 amide bonds. The SMILES string of the molecule is COC(=O)CCn1cnc2c1CCCC2. The van der Waals surface area contributed by atoms with Gasteiger partial charge in [0.05, 0.1) is 25.6 Å². The van der Waals surface area contributed by atoms with E-state index in [0.717, 1.165) is 12.8 Å². The zero-order valence-corrected chi connectivity index (χ0v) is 9.03. The van der Waals surface area contributed by atoms with Gasteiger partial charge >= 0.3 is 5.97 Å². The topological polar surface area (TPSA) is 44.1 Å². The van der Waals surface area contributed by atoms with Gasteiger partial charge in [-0.2, -0.15) is 0 Å². The lowest BCUT2D eigenvalue weighted by Gasteiger charge is -2.13. The molecule has 1 aliphatic carbocycles. The molecule has 1 aliphatic rings. The molecule has 4 heteroatoms. The number of fused-ring (bicyclic) bond motifs is 1. The van der Waals surface area contributed by atoms with Crippen molar-refractivity contribution in [3.8, 4) is 0 Å². The fourth-order valence-electron chi connectivity index (χ4n) is 2.04. The monoisotopic (exact) mass is 208 g/mol. The molecule has 0 fully saturated rings. The van der Waals surface area contributed by atoms with Crippen LogP contribution in [0.2, 0.25) is 0 Å². The quantitative estimate of drug-likeness (QED) is 0.704. The molecular formula is C11H16N2O2. The predicted octanol–water partition coefficient (Wildman–Crippen LogP) is 1.32. The van der Waals surface area contributed by atoms with Gasteiger partial charge in [0.15, 0.2) is 0 Å². The Labute approximate surface area is 89.3 Å². The Kier molecular flexibility index (Phi) is 3.04. The van der Waals surface area contributed by atoms with Crippen LogP contribution in [0.1, 0.15) is 30.7 Å². The first-order chi connectivity index (χ1) is 7.31. The van der Waals surface area contributed by atoms with E-state index in [1.165, 1.54) is 31.3 Å². The summed E-state index contributed by atoms with van der Waals surface area (Å²) in [6.45, 7) is 0.689. The van der Waals surface area contributed by atoms with E-state index in [1.54, 1.807) is 0 Å². The number of carbonyl (C=O) groups excluding carboxylic acids is 1. The van der Waals surface area contributed by atoms with Crippen molar-refractivity contribution < 1.29 is 9.53 Å². The van der Waals surface area contributed by atoms with Crippen molar-refractivity contribution in [2.75, 3.05) is 7.11 Å². The summed E-state index contributed by atoms with van der Waals surface area (Å²) in [5.74, 6) is -0.159. The zero-order chi connectivity index (χ0) is 10.7. The summed E-state index contributed by atoms with van der Waals surface area (Å²) in [6.07, 6.45) is 6.92. The third kappa shape index (κ3) is 2.19. The molecule has 4 nitrogen and oxygen atoms in total. The van der Waals surface area contributed by atoms with Crippen molar-refractivity contribution in [2.45, 2.75) is 38.6 Å². The highest BCUT2D eigenvalue weighted by Crippen LogP contribution is 2.19. The summed E-state index contributed by atoms with van der Waals surface area (Å²) in [5, 5.41) is 0. The average molecular weight is 208 g/mol. The Morgan fingerprint density at radius 1 is 1.53 bits per heavy atom. The van der Waals surface area contributed by atoms with Crippen LogP contribution in [0.15, 0.2) is 6.33 Å². The molecule has 0 saturated heterocycles. The summed E-state index contributed by atoms with van der Waals surface area (Å²) in [5.41, 5.74) is 2.52. The minimum absolute atomic E-state index is 0.159. The second kappa shape index (κ2) is 4.47.